The van der Waals surface area contributed by atoms with Crippen LogP contribution in [0.1, 0.15) is 45.7 Å². The monoisotopic (exact) mass is 304 g/mol. The summed E-state index contributed by atoms with van der Waals surface area (Å²) in [5.41, 5.74) is 2.56. The molecule has 0 saturated heterocycles. The maximum absolute atomic E-state index is 9.49. The quantitative estimate of drug-likeness (QED) is 0.797. The van der Waals surface area contributed by atoms with E-state index in [9.17, 15) is 5.26 Å². The number of thiazole rings is 1. The van der Waals surface area contributed by atoms with Crippen molar-refractivity contribution < 1.29 is 0 Å². The van der Waals surface area contributed by atoms with Crippen molar-refractivity contribution >= 4 is 22.9 Å². The summed E-state index contributed by atoms with van der Waals surface area (Å²) in [5.74, 6) is -0.454. The van der Waals surface area contributed by atoms with Gasteiger partial charge in [-0.2, -0.15) is 5.26 Å². The fraction of sp³-hybridized carbons (Fsp3) is 0.429. The van der Waals surface area contributed by atoms with Crippen molar-refractivity contribution in [1.82, 2.24) is 15.0 Å². The van der Waals surface area contributed by atoms with Gasteiger partial charge in [-0.15, -0.1) is 11.3 Å². The van der Waals surface area contributed by atoms with E-state index in [2.05, 4.69) is 21.0 Å². The molecule has 1 atom stereocenters. The highest BCUT2D eigenvalue weighted by molar-refractivity contribution is 7.11. The number of aromatic nitrogens is 3. The van der Waals surface area contributed by atoms with Crippen molar-refractivity contribution in [2.75, 3.05) is 0 Å². The summed E-state index contributed by atoms with van der Waals surface area (Å²) in [6.45, 7) is 1.85. The molecule has 2 heterocycles. The SMILES string of the molecule is Cc1cc(C(C#N)c2nc3c(s2)CCCC3)nc(Cl)n1. The Labute approximate surface area is 126 Å². The summed E-state index contributed by atoms with van der Waals surface area (Å²) in [6.07, 6.45) is 4.50. The third-order valence-electron chi connectivity index (χ3n) is 3.38. The van der Waals surface area contributed by atoms with E-state index in [1.807, 2.05) is 6.92 Å². The number of nitrogens with zero attached hydrogens (tertiary/aromatic N) is 4. The highest BCUT2D eigenvalue weighted by atomic mass is 35.5. The normalized spacial score (nSPS) is 15.4. The standard InChI is InChI=1S/C14H13ClN4S/c1-8-6-11(19-14(15)17-8)9(7-16)13-18-10-4-2-3-5-12(10)20-13/h6,9H,2-5H2,1H3. The molecule has 3 rings (SSSR count). The largest absolute Gasteiger partial charge is 0.244 e. The van der Waals surface area contributed by atoms with E-state index in [-0.39, 0.29) is 5.28 Å². The van der Waals surface area contributed by atoms with E-state index in [0.717, 1.165) is 29.2 Å². The Kier molecular flexibility index (Phi) is 3.68. The van der Waals surface area contributed by atoms with Gasteiger partial charge < -0.3 is 0 Å². The number of aryl methyl sites for hydroxylation is 3. The molecule has 102 valence electrons. The number of nitriles is 1. The van der Waals surface area contributed by atoms with Crippen molar-refractivity contribution in [3.63, 3.8) is 0 Å². The molecule has 0 aromatic carbocycles. The molecule has 2 aromatic rings. The van der Waals surface area contributed by atoms with E-state index in [4.69, 9.17) is 11.6 Å². The maximum Gasteiger partial charge on any atom is 0.222 e. The molecule has 0 aliphatic heterocycles. The van der Waals surface area contributed by atoms with Crippen LogP contribution in [0.3, 0.4) is 0 Å². The molecular formula is C14H13ClN4S. The summed E-state index contributed by atoms with van der Waals surface area (Å²) in [7, 11) is 0. The fourth-order valence-electron chi connectivity index (χ4n) is 2.45. The van der Waals surface area contributed by atoms with E-state index >= 15 is 0 Å². The third kappa shape index (κ3) is 2.54. The summed E-state index contributed by atoms with van der Waals surface area (Å²) in [5, 5.41) is 10.5. The van der Waals surface area contributed by atoms with Gasteiger partial charge >= 0.3 is 0 Å². The van der Waals surface area contributed by atoms with Crippen LogP contribution in [0.25, 0.3) is 0 Å². The second-order valence-electron chi connectivity index (χ2n) is 4.89. The van der Waals surface area contributed by atoms with Crippen molar-refractivity contribution in [3.05, 3.63) is 38.3 Å². The van der Waals surface area contributed by atoms with Crippen LogP contribution >= 0.6 is 22.9 Å². The average molecular weight is 305 g/mol. The van der Waals surface area contributed by atoms with Crippen LogP contribution in [0.4, 0.5) is 0 Å². The number of fused-ring (bicyclic) bond motifs is 1. The first kappa shape index (κ1) is 13.5. The maximum atomic E-state index is 9.49. The van der Waals surface area contributed by atoms with Crippen LogP contribution < -0.4 is 0 Å². The van der Waals surface area contributed by atoms with Gasteiger partial charge in [0, 0.05) is 10.6 Å². The zero-order valence-electron chi connectivity index (χ0n) is 11.1. The van der Waals surface area contributed by atoms with Crippen molar-refractivity contribution in [2.24, 2.45) is 0 Å². The highest BCUT2D eigenvalue weighted by Gasteiger charge is 2.23. The van der Waals surface area contributed by atoms with Crippen molar-refractivity contribution in [2.45, 2.75) is 38.5 Å². The Morgan fingerprint density at radius 2 is 2.10 bits per heavy atom. The Balaban J connectivity index is 2.01. The van der Waals surface area contributed by atoms with Crippen LogP contribution in [0.2, 0.25) is 5.28 Å². The molecule has 0 saturated carbocycles. The third-order valence-corrected chi connectivity index (χ3v) is 4.77. The molecule has 0 spiro atoms. The van der Waals surface area contributed by atoms with Crippen LogP contribution in [-0.2, 0) is 12.8 Å². The Bertz CT molecular complexity index is 645. The molecule has 1 aliphatic rings. The Hall–Kier alpha value is -1.51. The van der Waals surface area contributed by atoms with Gasteiger partial charge in [-0.25, -0.2) is 15.0 Å². The van der Waals surface area contributed by atoms with E-state index in [1.165, 1.54) is 17.7 Å². The molecule has 0 fully saturated rings. The summed E-state index contributed by atoms with van der Waals surface area (Å²) >= 11 is 7.53. The molecule has 20 heavy (non-hydrogen) atoms. The molecular weight excluding hydrogens is 292 g/mol. The van der Waals surface area contributed by atoms with Gasteiger partial charge in [0.05, 0.1) is 17.5 Å². The van der Waals surface area contributed by atoms with E-state index < -0.39 is 5.92 Å². The minimum atomic E-state index is -0.454. The Morgan fingerprint density at radius 1 is 1.30 bits per heavy atom. The Morgan fingerprint density at radius 3 is 2.80 bits per heavy atom. The molecule has 2 aromatic heterocycles. The molecule has 4 nitrogen and oxygen atoms in total. The fourth-order valence-corrected chi connectivity index (χ4v) is 3.89. The van der Waals surface area contributed by atoms with E-state index in [0.29, 0.717) is 5.69 Å². The first-order valence-corrected chi connectivity index (χ1v) is 7.76. The topological polar surface area (TPSA) is 62.5 Å². The van der Waals surface area contributed by atoms with Gasteiger partial charge in [0.2, 0.25) is 5.28 Å². The van der Waals surface area contributed by atoms with Crippen LogP contribution in [0.5, 0.6) is 0 Å². The lowest BCUT2D eigenvalue weighted by Gasteiger charge is -2.07. The van der Waals surface area contributed by atoms with Crippen LogP contribution in [0.15, 0.2) is 6.07 Å². The predicted molar refractivity (Wildman–Crippen MR) is 78.0 cm³/mol. The highest BCUT2D eigenvalue weighted by Crippen LogP contribution is 2.33. The van der Waals surface area contributed by atoms with Crippen molar-refractivity contribution in [1.29, 1.82) is 5.26 Å². The zero-order chi connectivity index (χ0) is 14.1. The molecule has 0 bridgehead atoms. The lowest BCUT2D eigenvalue weighted by atomic mass is 10.0. The minimum Gasteiger partial charge on any atom is -0.244 e. The molecule has 0 amide bonds. The van der Waals surface area contributed by atoms with Crippen molar-refractivity contribution in [3.8, 4) is 6.07 Å². The molecule has 0 N–H and O–H groups in total. The minimum absolute atomic E-state index is 0.182. The summed E-state index contributed by atoms with van der Waals surface area (Å²) in [4.78, 5) is 14.2. The lowest BCUT2D eigenvalue weighted by molar-refractivity contribution is 0.680. The second kappa shape index (κ2) is 5.47. The lowest BCUT2D eigenvalue weighted by Crippen LogP contribution is -2.04. The van der Waals surface area contributed by atoms with Crippen LogP contribution in [-0.4, -0.2) is 15.0 Å². The van der Waals surface area contributed by atoms with Gasteiger partial charge in [-0.1, -0.05) is 0 Å². The molecule has 1 unspecified atom stereocenters. The predicted octanol–water partition coefficient (Wildman–Crippen LogP) is 3.43. The van der Waals surface area contributed by atoms with Gasteiger partial charge in [-0.05, 0) is 50.3 Å². The zero-order valence-corrected chi connectivity index (χ0v) is 12.6. The van der Waals surface area contributed by atoms with Crippen LogP contribution in [0, 0.1) is 18.3 Å². The van der Waals surface area contributed by atoms with Gasteiger partial charge in [0.15, 0.2) is 0 Å². The van der Waals surface area contributed by atoms with Gasteiger partial charge in [0.1, 0.15) is 10.9 Å². The molecule has 1 aliphatic carbocycles. The number of halogens is 1. The second-order valence-corrected chi connectivity index (χ2v) is 6.35. The van der Waals surface area contributed by atoms with E-state index in [1.54, 1.807) is 17.4 Å². The number of hydrogen-bond donors (Lipinski definition) is 0. The average Bonchev–Trinajstić information content (AvgIpc) is 2.81. The molecule has 0 radical (unpaired) electrons. The first-order chi connectivity index (χ1) is 9.67. The number of rotatable bonds is 2. The molecule has 6 heteroatoms. The smallest absolute Gasteiger partial charge is 0.222 e. The van der Waals surface area contributed by atoms with Gasteiger partial charge in [-0.3, -0.25) is 0 Å². The van der Waals surface area contributed by atoms with Gasteiger partial charge in [0.25, 0.3) is 0 Å². The summed E-state index contributed by atoms with van der Waals surface area (Å²) < 4.78 is 0. The number of hydrogen-bond acceptors (Lipinski definition) is 5. The summed E-state index contributed by atoms with van der Waals surface area (Å²) in [6, 6.07) is 4.10. The first-order valence-electron chi connectivity index (χ1n) is 6.56.